The van der Waals surface area contributed by atoms with Crippen LogP contribution in [0.3, 0.4) is 0 Å². The van der Waals surface area contributed by atoms with Gasteiger partial charge in [0.1, 0.15) is 11.2 Å². The summed E-state index contributed by atoms with van der Waals surface area (Å²) >= 11 is 5.73. The van der Waals surface area contributed by atoms with Crippen molar-refractivity contribution in [3.63, 3.8) is 0 Å². The monoisotopic (exact) mass is 359 g/mol. The van der Waals surface area contributed by atoms with Gasteiger partial charge in [0.05, 0.1) is 5.56 Å². The Balaban J connectivity index is 1.94. The van der Waals surface area contributed by atoms with Crippen molar-refractivity contribution >= 4 is 39.3 Å². The van der Waals surface area contributed by atoms with E-state index >= 15 is 0 Å². The molecular formula is C21H14ClN3O. The zero-order valence-electron chi connectivity index (χ0n) is 13.8. The third-order valence-corrected chi connectivity index (χ3v) is 4.90. The van der Waals surface area contributed by atoms with Crippen LogP contribution in [0, 0.1) is 0 Å². The van der Waals surface area contributed by atoms with Gasteiger partial charge >= 0.3 is 0 Å². The number of alkyl halides is 1. The van der Waals surface area contributed by atoms with E-state index in [1.54, 1.807) is 4.68 Å². The van der Waals surface area contributed by atoms with Gasteiger partial charge in [-0.25, -0.2) is 4.98 Å². The van der Waals surface area contributed by atoms with Crippen LogP contribution in [-0.2, 0) is 0 Å². The highest BCUT2D eigenvalue weighted by Crippen LogP contribution is 2.44. The van der Waals surface area contributed by atoms with Crippen molar-refractivity contribution in [1.82, 2.24) is 4.98 Å². The molecule has 0 saturated heterocycles. The summed E-state index contributed by atoms with van der Waals surface area (Å²) in [5.74, 6) is 0.0101. The lowest BCUT2D eigenvalue weighted by molar-refractivity contribution is -0.644. The standard InChI is InChI=1S/C21H14ClN3O/c22-12-11-18(26)24-25-17-10-2-1-9-16(17)23-20-14-7-3-5-13-6-4-8-15(19(13)14)21(20)25/h1-10H,11-12H2. The minimum absolute atomic E-state index is 0.205. The Kier molecular flexibility index (Phi) is 3.40. The van der Waals surface area contributed by atoms with Crippen LogP contribution >= 0.6 is 11.6 Å². The number of nitrogens with zero attached hydrogens (tertiary/aromatic N) is 3. The van der Waals surface area contributed by atoms with Crippen molar-refractivity contribution in [2.45, 2.75) is 6.42 Å². The van der Waals surface area contributed by atoms with Gasteiger partial charge in [-0.2, -0.15) is 0 Å². The summed E-state index contributed by atoms with van der Waals surface area (Å²) in [5.41, 5.74) is 5.45. The fourth-order valence-corrected chi connectivity index (χ4v) is 3.80. The van der Waals surface area contributed by atoms with Crippen molar-refractivity contribution in [3.05, 3.63) is 60.7 Å². The number of benzene rings is 3. The van der Waals surface area contributed by atoms with Crippen LogP contribution in [-0.4, -0.2) is 16.8 Å². The molecule has 5 rings (SSSR count). The van der Waals surface area contributed by atoms with E-state index in [1.165, 1.54) is 0 Å². The predicted molar refractivity (Wildman–Crippen MR) is 102 cm³/mol. The maximum atomic E-state index is 12.3. The average molecular weight is 360 g/mol. The number of aromatic nitrogens is 2. The van der Waals surface area contributed by atoms with Crippen LogP contribution in [0.4, 0.5) is 0 Å². The van der Waals surface area contributed by atoms with Crippen molar-refractivity contribution < 1.29 is 9.78 Å². The molecule has 1 aliphatic rings. The van der Waals surface area contributed by atoms with E-state index in [2.05, 4.69) is 29.4 Å². The van der Waals surface area contributed by atoms with E-state index in [9.17, 15) is 5.11 Å². The molecule has 1 heterocycles. The zero-order valence-corrected chi connectivity index (χ0v) is 14.6. The van der Waals surface area contributed by atoms with Crippen molar-refractivity contribution in [2.75, 3.05) is 5.88 Å². The lowest BCUT2D eigenvalue weighted by Crippen LogP contribution is -2.37. The molecule has 4 nitrogen and oxygen atoms in total. The summed E-state index contributed by atoms with van der Waals surface area (Å²) in [6.45, 7) is 0. The first-order valence-corrected chi connectivity index (χ1v) is 8.99. The minimum Gasteiger partial charge on any atom is -0.858 e. The second-order valence-electron chi connectivity index (χ2n) is 6.25. The second kappa shape index (κ2) is 5.78. The third-order valence-electron chi connectivity index (χ3n) is 4.71. The molecule has 0 bridgehead atoms. The SMILES string of the molecule is [O-]C(CCCl)=N[n+]1c2c(nc3ccccc31)-c1cccc3cccc-2c13. The molecule has 0 radical (unpaired) electrons. The van der Waals surface area contributed by atoms with Gasteiger partial charge in [-0.15, -0.1) is 11.6 Å². The van der Waals surface area contributed by atoms with E-state index in [0.717, 1.165) is 44.3 Å². The van der Waals surface area contributed by atoms with Crippen LogP contribution in [0.25, 0.3) is 44.3 Å². The maximum Gasteiger partial charge on any atom is 0.272 e. The van der Waals surface area contributed by atoms with Gasteiger partial charge in [-0.1, -0.05) is 42.5 Å². The van der Waals surface area contributed by atoms with E-state index in [0.29, 0.717) is 0 Å². The topological polar surface area (TPSA) is 52.2 Å². The molecule has 0 fully saturated rings. The van der Waals surface area contributed by atoms with Gasteiger partial charge in [0.25, 0.3) is 11.2 Å². The normalized spacial score (nSPS) is 12.7. The molecule has 0 atom stereocenters. The van der Waals surface area contributed by atoms with Crippen molar-refractivity contribution in [3.8, 4) is 22.5 Å². The van der Waals surface area contributed by atoms with E-state index in [4.69, 9.17) is 16.6 Å². The molecule has 0 N–H and O–H groups in total. The number of halogens is 1. The van der Waals surface area contributed by atoms with E-state index in [-0.39, 0.29) is 18.2 Å². The number of fused-ring (bicyclic) bond motifs is 4. The molecule has 5 heteroatoms. The average Bonchev–Trinajstić information content (AvgIpc) is 2.98. The first-order chi connectivity index (χ1) is 12.8. The van der Waals surface area contributed by atoms with Gasteiger partial charge in [-0.3, -0.25) is 0 Å². The number of rotatable bonds is 3. The molecule has 126 valence electrons. The predicted octanol–water partition coefficient (Wildman–Crippen LogP) is 3.47. The smallest absolute Gasteiger partial charge is 0.272 e. The summed E-state index contributed by atoms with van der Waals surface area (Å²) in [4.78, 5) is 4.89. The molecule has 0 spiro atoms. The summed E-state index contributed by atoms with van der Waals surface area (Å²) < 4.78 is 1.74. The van der Waals surface area contributed by atoms with Crippen LogP contribution < -0.4 is 9.78 Å². The molecule has 0 aliphatic heterocycles. The molecule has 0 unspecified atom stereocenters. The summed E-state index contributed by atoms with van der Waals surface area (Å²) in [6, 6.07) is 20.1. The van der Waals surface area contributed by atoms with Crippen molar-refractivity contribution in [2.24, 2.45) is 5.10 Å². The summed E-state index contributed by atoms with van der Waals surface area (Å²) in [5, 5.41) is 19.0. The highest BCUT2D eigenvalue weighted by molar-refractivity contribution is 6.18. The minimum atomic E-state index is -0.244. The van der Waals surface area contributed by atoms with Crippen LogP contribution in [0.15, 0.2) is 65.8 Å². The Labute approximate surface area is 155 Å². The Hall–Kier alpha value is -2.98. The van der Waals surface area contributed by atoms with Gasteiger partial charge in [-0.05, 0) is 33.7 Å². The maximum absolute atomic E-state index is 12.3. The second-order valence-corrected chi connectivity index (χ2v) is 6.63. The van der Waals surface area contributed by atoms with Gasteiger partial charge in [0, 0.05) is 28.8 Å². The Morgan fingerprint density at radius 3 is 2.58 bits per heavy atom. The number of para-hydroxylation sites is 2. The zero-order chi connectivity index (χ0) is 17.7. The van der Waals surface area contributed by atoms with Crippen LogP contribution in [0.2, 0.25) is 0 Å². The fourth-order valence-electron chi connectivity index (χ4n) is 3.64. The highest BCUT2D eigenvalue weighted by atomic mass is 35.5. The summed E-state index contributed by atoms with van der Waals surface area (Å²) in [7, 11) is 0. The van der Waals surface area contributed by atoms with Gasteiger partial charge in [0.2, 0.25) is 0 Å². The number of hydrogen-bond donors (Lipinski definition) is 0. The molecule has 26 heavy (non-hydrogen) atoms. The Morgan fingerprint density at radius 1 is 1.00 bits per heavy atom. The Bertz CT molecular complexity index is 1210. The third kappa shape index (κ3) is 2.12. The van der Waals surface area contributed by atoms with E-state index in [1.807, 2.05) is 36.4 Å². The number of hydrogen-bond acceptors (Lipinski definition) is 3. The molecule has 1 aliphatic carbocycles. The molecule has 1 aromatic heterocycles. The molecule has 3 aromatic carbocycles. The lowest BCUT2D eigenvalue weighted by atomic mass is 10.0. The largest absolute Gasteiger partial charge is 0.858 e. The highest BCUT2D eigenvalue weighted by Gasteiger charge is 2.33. The van der Waals surface area contributed by atoms with Crippen LogP contribution in [0.1, 0.15) is 6.42 Å². The Morgan fingerprint density at radius 2 is 1.77 bits per heavy atom. The first kappa shape index (κ1) is 15.3. The fraction of sp³-hybridized carbons (Fsp3) is 0.0952. The van der Waals surface area contributed by atoms with Gasteiger partial charge in [0.15, 0.2) is 0 Å². The quantitative estimate of drug-likeness (QED) is 0.214. The summed E-state index contributed by atoms with van der Waals surface area (Å²) in [6.07, 6.45) is 0.205. The molecular weight excluding hydrogens is 346 g/mol. The molecule has 0 saturated carbocycles. The van der Waals surface area contributed by atoms with Crippen LogP contribution in [0.5, 0.6) is 0 Å². The lowest BCUT2D eigenvalue weighted by Gasteiger charge is -2.07. The van der Waals surface area contributed by atoms with Crippen molar-refractivity contribution in [1.29, 1.82) is 0 Å². The molecule has 4 aromatic rings. The first-order valence-electron chi connectivity index (χ1n) is 8.46. The molecule has 0 amide bonds. The van der Waals surface area contributed by atoms with Gasteiger partial charge < -0.3 is 5.11 Å². The van der Waals surface area contributed by atoms with E-state index < -0.39 is 0 Å².